The fourth-order valence-electron chi connectivity index (χ4n) is 2.52. The molecule has 0 fully saturated rings. The van der Waals surface area contributed by atoms with Gasteiger partial charge in [0.25, 0.3) is 5.91 Å². The fraction of sp³-hybridized carbons (Fsp3) is 0.375. The van der Waals surface area contributed by atoms with Crippen molar-refractivity contribution in [1.82, 2.24) is 5.32 Å². The third-order valence-corrected chi connectivity index (χ3v) is 5.90. The van der Waals surface area contributed by atoms with E-state index in [0.717, 1.165) is 17.7 Å². The molecule has 0 spiro atoms. The van der Waals surface area contributed by atoms with Crippen molar-refractivity contribution < 1.29 is 14.3 Å². The Morgan fingerprint density at radius 1 is 1.41 bits per heavy atom. The number of carbonyl (C=O) groups is 2. The summed E-state index contributed by atoms with van der Waals surface area (Å²) in [6.07, 6.45) is 3.25. The third-order valence-electron chi connectivity index (χ3n) is 3.63. The number of amides is 1. The van der Waals surface area contributed by atoms with Gasteiger partial charge < -0.3 is 10.1 Å². The van der Waals surface area contributed by atoms with Gasteiger partial charge in [-0.1, -0.05) is 6.07 Å². The molecule has 0 radical (unpaired) electrons. The van der Waals surface area contributed by atoms with Crippen LogP contribution in [0.4, 0.5) is 0 Å². The molecule has 1 N–H and O–H groups in total. The van der Waals surface area contributed by atoms with E-state index in [1.54, 1.807) is 11.3 Å². The summed E-state index contributed by atoms with van der Waals surface area (Å²) in [6.45, 7) is 1.67. The van der Waals surface area contributed by atoms with Crippen LogP contribution in [0.1, 0.15) is 44.4 Å². The normalized spacial score (nSPS) is 14.4. The Labute approximate surface area is 137 Å². The molecule has 2 heterocycles. The van der Waals surface area contributed by atoms with E-state index in [1.807, 2.05) is 30.5 Å². The van der Waals surface area contributed by atoms with E-state index in [4.69, 9.17) is 4.74 Å². The van der Waals surface area contributed by atoms with Crippen LogP contribution >= 0.6 is 22.7 Å². The standard InChI is InChI=1S/C16H17NO3S2/c1-10(12-6-3-7-21-12)17-15(18)9-20-16(19)14-8-11-4-2-5-13(11)22-14/h3,6-8,10H,2,4-5,9H2,1H3,(H,17,18). The van der Waals surface area contributed by atoms with Crippen LogP contribution < -0.4 is 5.32 Å². The number of fused-ring (bicyclic) bond motifs is 1. The van der Waals surface area contributed by atoms with Gasteiger partial charge in [-0.2, -0.15) is 0 Å². The average molecular weight is 335 g/mol. The molecule has 0 bridgehead atoms. The molecule has 1 aliphatic carbocycles. The molecule has 1 amide bonds. The lowest BCUT2D eigenvalue weighted by Gasteiger charge is -2.12. The van der Waals surface area contributed by atoms with E-state index >= 15 is 0 Å². The first kappa shape index (κ1) is 15.2. The molecule has 6 heteroatoms. The second-order valence-corrected chi connectivity index (χ2v) is 7.41. The van der Waals surface area contributed by atoms with Gasteiger partial charge in [-0.3, -0.25) is 4.79 Å². The number of hydrogen-bond donors (Lipinski definition) is 1. The molecule has 4 nitrogen and oxygen atoms in total. The number of aryl methyl sites for hydroxylation is 2. The molecular weight excluding hydrogens is 318 g/mol. The molecule has 3 rings (SSSR count). The largest absolute Gasteiger partial charge is 0.451 e. The highest BCUT2D eigenvalue weighted by Crippen LogP contribution is 2.30. The van der Waals surface area contributed by atoms with Crippen molar-refractivity contribution in [2.75, 3.05) is 6.61 Å². The van der Waals surface area contributed by atoms with Crippen LogP contribution in [0.3, 0.4) is 0 Å². The van der Waals surface area contributed by atoms with E-state index in [-0.39, 0.29) is 18.6 Å². The molecule has 2 aromatic heterocycles. The van der Waals surface area contributed by atoms with Crippen molar-refractivity contribution in [2.24, 2.45) is 0 Å². The summed E-state index contributed by atoms with van der Waals surface area (Å²) in [4.78, 5) is 26.8. The minimum absolute atomic E-state index is 0.0725. The van der Waals surface area contributed by atoms with E-state index in [9.17, 15) is 9.59 Å². The smallest absolute Gasteiger partial charge is 0.348 e. The first-order valence-corrected chi connectivity index (χ1v) is 8.94. The first-order valence-electron chi connectivity index (χ1n) is 7.25. The minimum Gasteiger partial charge on any atom is -0.451 e. The van der Waals surface area contributed by atoms with Gasteiger partial charge in [-0.05, 0) is 49.3 Å². The zero-order valence-corrected chi connectivity index (χ0v) is 13.9. The van der Waals surface area contributed by atoms with Crippen LogP contribution in [0.15, 0.2) is 23.6 Å². The summed E-state index contributed by atoms with van der Waals surface area (Å²) in [5.74, 6) is -0.684. The lowest BCUT2D eigenvalue weighted by atomic mass is 10.2. The quantitative estimate of drug-likeness (QED) is 0.853. The Hall–Kier alpha value is -1.66. The van der Waals surface area contributed by atoms with Gasteiger partial charge in [-0.25, -0.2) is 4.79 Å². The van der Waals surface area contributed by atoms with Gasteiger partial charge in [0.1, 0.15) is 4.88 Å². The second kappa shape index (κ2) is 6.62. The summed E-state index contributed by atoms with van der Waals surface area (Å²) in [5, 5.41) is 4.79. The summed E-state index contributed by atoms with van der Waals surface area (Å²) in [5.41, 5.74) is 1.26. The maximum Gasteiger partial charge on any atom is 0.348 e. The van der Waals surface area contributed by atoms with E-state index in [1.165, 1.54) is 28.2 Å². The number of rotatable bonds is 5. The summed E-state index contributed by atoms with van der Waals surface area (Å²) >= 11 is 3.08. The van der Waals surface area contributed by atoms with Crippen LogP contribution in [0.25, 0.3) is 0 Å². The van der Waals surface area contributed by atoms with Gasteiger partial charge in [0.2, 0.25) is 0 Å². The van der Waals surface area contributed by atoms with Crippen molar-refractivity contribution in [1.29, 1.82) is 0 Å². The summed E-state index contributed by atoms with van der Waals surface area (Å²) < 4.78 is 5.11. The first-order chi connectivity index (χ1) is 10.6. The van der Waals surface area contributed by atoms with Crippen LogP contribution in [0.2, 0.25) is 0 Å². The van der Waals surface area contributed by atoms with Crippen LogP contribution in [0, 0.1) is 0 Å². The minimum atomic E-state index is -0.404. The Kier molecular flexibility index (Phi) is 4.59. The predicted octanol–water partition coefficient (Wildman–Crippen LogP) is 3.33. The Bertz CT molecular complexity index is 654. The van der Waals surface area contributed by atoms with Gasteiger partial charge >= 0.3 is 5.97 Å². The average Bonchev–Trinajstić information content (AvgIpc) is 3.19. The van der Waals surface area contributed by atoms with Gasteiger partial charge in [0.05, 0.1) is 6.04 Å². The Morgan fingerprint density at radius 3 is 3.00 bits per heavy atom. The van der Waals surface area contributed by atoms with E-state index in [2.05, 4.69) is 5.32 Å². The molecule has 0 aromatic carbocycles. The summed E-state index contributed by atoms with van der Waals surface area (Å²) in [6, 6.07) is 5.74. The zero-order chi connectivity index (χ0) is 15.5. The molecule has 0 aliphatic heterocycles. The lowest BCUT2D eigenvalue weighted by molar-refractivity contribution is -0.124. The molecule has 1 atom stereocenters. The molecule has 0 saturated carbocycles. The van der Waals surface area contributed by atoms with E-state index in [0.29, 0.717) is 4.88 Å². The van der Waals surface area contributed by atoms with Gasteiger partial charge in [-0.15, -0.1) is 22.7 Å². The van der Waals surface area contributed by atoms with Crippen LogP contribution in [0.5, 0.6) is 0 Å². The van der Waals surface area contributed by atoms with Crippen molar-refractivity contribution in [3.05, 3.63) is 43.8 Å². The maximum absolute atomic E-state index is 12.0. The van der Waals surface area contributed by atoms with Gasteiger partial charge in [0.15, 0.2) is 6.61 Å². The van der Waals surface area contributed by atoms with Crippen molar-refractivity contribution in [3.63, 3.8) is 0 Å². The number of esters is 1. The SMILES string of the molecule is CC(NC(=O)COC(=O)c1cc2c(s1)CCC2)c1cccs1. The zero-order valence-electron chi connectivity index (χ0n) is 12.3. The topological polar surface area (TPSA) is 55.4 Å². The Balaban J connectivity index is 1.49. The number of thiophene rings is 2. The van der Waals surface area contributed by atoms with Crippen molar-refractivity contribution in [3.8, 4) is 0 Å². The molecule has 22 heavy (non-hydrogen) atoms. The van der Waals surface area contributed by atoms with Crippen molar-refractivity contribution >= 4 is 34.6 Å². The highest BCUT2D eigenvalue weighted by atomic mass is 32.1. The second-order valence-electron chi connectivity index (χ2n) is 5.29. The predicted molar refractivity (Wildman–Crippen MR) is 87.5 cm³/mol. The molecule has 0 saturated heterocycles. The monoisotopic (exact) mass is 335 g/mol. The van der Waals surface area contributed by atoms with Crippen LogP contribution in [-0.2, 0) is 22.4 Å². The molecule has 2 aromatic rings. The summed E-state index contributed by atoms with van der Waals surface area (Å²) in [7, 11) is 0. The number of carbonyl (C=O) groups excluding carboxylic acids is 2. The lowest BCUT2D eigenvalue weighted by Crippen LogP contribution is -2.30. The van der Waals surface area contributed by atoms with Gasteiger partial charge in [0, 0.05) is 9.75 Å². The highest BCUT2D eigenvalue weighted by molar-refractivity contribution is 7.14. The molecule has 1 aliphatic rings. The molecule has 116 valence electrons. The maximum atomic E-state index is 12.0. The van der Waals surface area contributed by atoms with Crippen LogP contribution in [-0.4, -0.2) is 18.5 Å². The number of nitrogens with one attached hydrogen (secondary N) is 1. The fourth-order valence-corrected chi connectivity index (χ4v) is 4.41. The Morgan fingerprint density at radius 2 is 2.27 bits per heavy atom. The van der Waals surface area contributed by atoms with Crippen molar-refractivity contribution in [2.45, 2.75) is 32.2 Å². The van der Waals surface area contributed by atoms with E-state index < -0.39 is 5.97 Å². The third kappa shape index (κ3) is 3.39. The molecular formula is C16H17NO3S2. The molecule has 1 unspecified atom stereocenters. The number of ether oxygens (including phenoxy) is 1. The highest BCUT2D eigenvalue weighted by Gasteiger charge is 2.20. The number of hydrogen-bond acceptors (Lipinski definition) is 5.